The topological polar surface area (TPSA) is 88.1 Å². The van der Waals surface area contributed by atoms with Crippen molar-refractivity contribution in [2.75, 3.05) is 0 Å². The minimum Gasteiger partial charge on any atom is -0.433 e. The minimum absolute atomic E-state index is 0.269. The Hall–Kier alpha value is -6.08. The minimum atomic E-state index is 0.269. The first-order valence-electron chi connectivity index (χ1n) is 13.8. The predicted molar refractivity (Wildman–Crippen MR) is 162 cm³/mol. The van der Waals surface area contributed by atoms with Crippen molar-refractivity contribution in [3.63, 3.8) is 0 Å². The number of benzene rings is 4. The van der Waals surface area contributed by atoms with Crippen LogP contribution in [0.4, 0.5) is 0 Å². The van der Waals surface area contributed by atoms with E-state index in [-0.39, 0.29) is 11.9 Å². The fraction of sp³-hybridized carbons (Fsp3) is 0. The Balaban J connectivity index is 1.00. The first-order chi connectivity index (χ1) is 21.2. The first-order valence-corrected chi connectivity index (χ1v) is 13.8. The van der Waals surface area contributed by atoms with Gasteiger partial charge in [-0.05, 0) is 64.7 Å². The average molecular weight is 563 g/mol. The van der Waals surface area contributed by atoms with Crippen molar-refractivity contribution < 1.29 is 31.2 Å². The van der Waals surface area contributed by atoms with E-state index >= 15 is 0 Å². The summed E-state index contributed by atoms with van der Waals surface area (Å²) in [5.74, 6) is 1.88. The Labute approximate surface area is 241 Å². The second kappa shape index (κ2) is 8.24. The van der Waals surface area contributed by atoms with Gasteiger partial charge >= 0.3 is 11.6 Å². The summed E-state index contributed by atoms with van der Waals surface area (Å²) in [6.07, 6.45) is 1.65. The van der Waals surface area contributed by atoms with Gasteiger partial charge in [-0.25, -0.2) is 0 Å². The van der Waals surface area contributed by atoms with Crippen molar-refractivity contribution in [2.45, 2.75) is 0 Å². The highest BCUT2D eigenvalue weighted by atomic mass is 16.7. The summed E-state index contributed by atoms with van der Waals surface area (Å²) < 4.78 is 40.6. The lowest BCUT2D eigenvalue weighted by Crippen LogP contribution is -1.82. The van der Waals surface area contributed by atoms with E-state index in [1.165, 1.54) is 0 Å². The number of hydrogen-bond acceptors (Lipinski definition) is 7. The van der Waals surface area contributed by atoms with Gasteiger partial charge in [-0.3, -0.25) is 0 Å². The van der Waals surface area contributed by atoms with Gasteiger partial charge in [-0.15, -0.1) is 0 Å². The summed E-state index contributed by atoms with van der Waals surface area (Å²) in [7, 11) is 0. The fourth-order valence-corrected chi connectivity index (χ4v) is 5.98. The number of ether oxygens (including phenoxy) is 1. The molecule has 6 aromatic heterocycles. The molecule has 0 amide bonds. The van der Waals surface area contributed by atoms with Gasteiger partial charge in [0, 0.05) is 28.3 Å². The van der Waals surface area contributed by atoms with E-state index in [2.05, 4.69) is 48.5 Å². The maximum Gasteiger partial charge on any atom is 0.301 e. The van der Waals surface area contributed by atoms with Crippen molar-refractivity contribution >= 4 is 66.4 Å². The van der Waals surface area contributed by atoms with Crippen molar-refractivity contribution in [2.24, 2.45) is 0 Å². The van der Waals surface area contributed by atoms with E-state index in [1.54, 1.807) is 12.3 Å². The fourth-order valence-electron chi connectivity index (χ4n) is 5.98. The molecule has 43 heavy (non-hydrogen) atoms. The van der Waals surface area contributed by atoms with Crippen LogP contribution in [0.2, 0.25) is 0 Å². The Morgan fingerprint density at radius 1 is 0.372 bits per heavy atom. The van der Waals surface area contributed by atoms with Crippen LogP contribution >= 0.6 is 0 Å². The molecule has 0 aliphatic heterocycles. The molecule has 6 heterocycles. The zero-order valence-electron chi connectivity index (χ0n) is 22.3. The number of hydrogen-bond donors (Lipinski definition) is 0. The summed E-state index contributed by atoms with van der Waals surface area (Å²) in [5.41, 5.74) is 6.64. The largest absolute Gasteiger partial charge is 0.433 e. The molecule has 7 nitrogen and oxygen atoms in total. The molecule has 0 fully saturated rings. The molecule has 0 bridgehead atoms. The lowest BCUT2D eigenvalue weighted by Gasteiger charge is -2.07. The van der Waals surface area contributed by atoms with Gasteiger partial charge in [0.25, 0.3) is 17.7 Å². The maximum atomic E-state index is 6.01. The number of para-hydroxylation sites is 1. The highest BCUT2D eigenvalue weighted by Crippen LogP contribution is 2.41. The second-order valence-electron chi connectivity index (χ2n) is 10.6. The molecule has 0 spiro atoms. The third-order valence-electron chi connectivity index (χ3n) is 8.04. The normalized spacial score (nSPS) is 12.2. The van der Waals surface area contributed by atoms with Gasteiger partial charge in [-0.2, -0.15) is 0 Å². The Kier molecular flexibility index (Phi) is 4.33. The number of fused-ring (bicyclic) bond motifs is 9. The molecule has 0 saturated heterocycles. The third kappa shape index (κ3) is 3.36. The van der Waals surface area contributed by atoms with Crippen LogP contribution in [0, 0.1) is 0 Å². The molecule has 204 valence electrons. The zero-order valence-corrected chi connectivity index (χ0v) is 22.3. The van der Waals surface area contributed by atoms with Gasteiger partial charge in [0.05, 0.1) is 22.4 Å². The zero-order chi connectivity index (χ0) is 28.1. The molecule has 7 heteroatoms. The molecule has 0 unspecified atom stereocenters. The number of furan rings is 6. The van der Waals surface area contributed by atoms with Crippen LogP contribution < -0.4 is 4.74 Å². The highest BCUT2D eigenvalue weighted by molar-refractivity contribution is 6.07. The van der Waals surface area contributed by atoms with Gasteiger partial charge in [0.1, 0.15) is 16.7 Å². The van der Waals surface area contributed by atoms with Crippen LogP contribution in [0.1, 0.15) is 0 Å². The molecule has 10 aromatic rings. The van der Waals surface area contributed by atoms with E-state index in [0.717, 1.165) is 71.3 Å². The predicted octanol–water partition coefficient (Wildman–Crippen LogP) is 11.3. The Bertz CT molecular complexity index is 2660. The molecule has 0 atom stereocenters. The summed E-state index contributed by atoms with van der Waals surface area (Å²) in [5, 5.41) is 5.56. The van der Waals surface area contributed by atoms with Crippen LogP contribution in [0.5, 0.6) is 11.9 Å². The molecule has 0 aliphatic carbocycles. The van der Waals surface area contributed by atoms with Crippen LogP contribution in [0.15, 0.2) is 136 Å². The lowest BCUT2D eigenvalue weighted by molar-refractivity contribution is 0.279. The van der Waals surface area contributed by atoms with Gasteiger partial charge in [-0.1, -0.05) is 48.5 Å². The Morgan fingerprint density at radius 3 is 1.67 bits per heavy atom. The molecular weight excluding hydrogens is 544 g/mol. The molecule has 4 aromatic carbocycles. The molecule has 10 rings (SSSR count). The van der Waals surface area contributed by atoms with E-state index < -0.39 is 0 Å². The smallest absolute Gasteiger partial charge is 0.301 e. The van der Waals surface area contributed by atoms with Crippen LogP contribution in [0.25, 0.3) is 88.7 Å². The van der Waals surface area contributed by atoms with Crippen molar-refractivity contribution in [3.05, 3.63) is 109 Å². The summed E-state index contributed by atoms with van der Waals surface area (Å²) in [4.78, 5) is 0. The molecule has 0 N–H and O–H groups in total. The van der Waals surface area contributed by atoms with Crippen molar-refractivity contribution in [1.82, 2.24) is 0 Å². The second-order valence-corrected chi connectivity index (χ2v) is 10.6. The first kappa shape index (κ1) is 22.6. The van der Waals surface area contributed by atoms with Crippen molar-refractivity contribution in [1.29, 1.82) is 0 Å². The van der Waals surface area contributed by atoms with Gasteiger partial charge in [0.2, 0.25) is 0 Å². The Morgan fingerprint density at radius 2 is 0.953 bits per heavy atom. The summed E-state index contributed by atoms with van der Waals surface area (Å²) in [6, 6.07) is 34.1. The summed E-state index contributed by atoms with van der Waals surface area (Å²) >= 11 is 0. The van der Waals surface area contributed by atoms with Crippen LogP contribution in [-0.2, 0) is 0 Å². The van der Waals surface area contributed by atoms with E-state index in [0.29, 0.717) is 17.3 Å². The van der Waals surface area contributed by atoms with Crippen LogP contribution in [0.3, 0.4) is 0 Å². The van der Waals surface area contributed by atoms with Gasteiger partial charge < -0.3 is 31.2 Å². The summed E-state index contributed by atoms with van der Waals surface area (Å²) in [6.45, 7) is 0. The van der Waals surface area contributed by atoms with E-state index in [1.807, 2.05) is 48.5 Å². The maximum absolute atomic E-state index is 6.01. The molecule has 0 aliphatic rings. The molecule has 0 radical (unpaired) electrons. The van der Waals surface area contributed by atoms with E-state index in [4.69, 9.17) is 31.2 Å². The monoisotopic (exact) mass is 562 g/mol. The SMILES string of the molecule is c1cc(-c2ccc3oc4occc4c3c2)cc(-c2ccc3oc4oc(Oc5cc6c(o5)oc5ccccc56)cc4c3c2)c1. The van der Waals surface area contributed by atoms with Gasteiger partial charge in [0.15, 0.2) is 0 Å². The highest BCUT2D eigenvalue weighted by Gasteiger charge is 2.19. The van der Waals surface area contributed by atoms with E-state index in [9.17, 15) is 0 Å². The average Bonchev–Trinajstić information content (AvgIpc) is 3.86. The number of rotatable bonds is 4. The van der Waals surface area contributed by atoms with Crippen LogP contribution in [-0.4, -0.2) is 0 Å². The molecular formula is C36H18O7. The van der Waals surface area contributed by atoms with Crippen molar-refractivity contribution in [3.8, 4) is 34.1 Å². The standard InChI is InChI=1S/C36H18O7/c1-2-7-29-23(6-1)27-17-32(42-35(27)39-29)41-33-18-28-26-16-22(9-11-31(26)40-36(28)43-33)20-5-3-4-19(14-20)21-8-10-30-25(15-21)24-12-13-37-34(24)38-30/h1-18H. The third-order valence-corrected chi connectivity index (χ3v) is 8.04. The lowest BCUT2D eigenvalue weighted by atomic mass is 9.97. The quantitative estimate of drug-likeness (QED) is 0.211. The molecule has 0 saturated carbocycles.